The van der Waals surface area contributed by atoms with Crippen molar-refractivity contribution in [2.75, 3.05) is 13.6 Å². The molecule has 7 heteroatoms. The first-order valence-corrected chi connectivity index (χ1v) is 9.46. The van der Waals surface area contributed by atoms with Gasteiger partial charge in [0.1, 0.15) is 6.04 Å². The standard InChI is InChI=1S/C18H33N3O4/c1-5-16(22)13-10-12(20(4)11(2)3)6-7-15(13)21-9-8-14(17(21)23)19-18(24)25/h11-16,19,22H,5-10H2,1-4H3,(H,24,25)/t12-,13+,14+,15+,16?/m1/s1. The minimum Gasteiger partial charge on any atom is -0.465 e. The van der Waals surface area contributed by atoms with Crippen LogP contribution in [0.2, 0.25) is 0 Å². The lowest BCUT2D eigenvalue weighted by Gasteiger charge is -2.46. The Balaban J connectivity index is 2.11. The SMILES string of the molecule is CCC(O)[C@H]1C[C@H](N(C)C(C)C)CC[C@@H]1N1CC[C@H](NC(=O)O)C1=O. The van der Waals surface area contributed by atoms with Gasteiger partial charge in [-0.3, -0.25) is 4.79 Å². The zero-order chi connectivity index (χ0) is 18.7. The van der Waals surface area contributed by atoms with Gasteiger partial charge in [0, 0.05) is 30.6 Å². The van der Waals surface area contributed by atoms with Crippen LogP contribution in [0.3, 0.4) is 0 Å². The molecule has 7 nitrogen and oxygen atoms in total. The van der Waals surface area contributed by atoms with Crippen LogP contribution in [0, 0.1) is 5.92 Å². The third-order valence-corrected chi connectivity index (χ3v) is 6.08. The topological polar surface area (TPSA) is 93.1 Å². The molecule has 0 bridgehead atoms. The molecule has 1 aliphatic heterocycles. The second-order valence-corrected chi connectivity index (χ2v) is 7.76. The van der Waals surface area contributed by atoms with Gasteiger partial charge in [-0.15, -0.1) is 0 Å². The maximum absolute atomic E-state index is 12.6. The summed E-state index contributed by atoms with van der Waals surface area (Å²) in [6, 6.07) is 0.208. The van der Waals surface area contributed by atoms with E-state index in [1.54, 1.807) is 0 Å². The molecule has 0 spiro atoms. The van der Waals surface area contributed by atoms with Gasteiger partial charge in [0.15, 0.2) is 0 Å². The monoisotopic (exact) mass is 355 g/mol. The summed E-state index contributed by atoms with van der Waals surface area (Å²) in [7, 11) is 2.12. The summed E-state index contributed by atoms with van der Waals surface area (Å²) >= 11 is 0. The number of aliphatic hydroxyl groups is 1. The summed E-state index contributed by atoms with van der Waals surface area (Å²) in [4.78, 5) is 27.7. The highest BCUT2D eigenvalue weighted by molar-refractivity contribution is 5.87. The lowest BCUT2D eigenvalue weighted by Crippen LogP contribution is -2.54. The van der Waals surface area contributed by atoms with Crippen LogP contribution in [-0.4, -0.2) is 75.9 Å². The lowest BCUT2D eigenvalue weighted by atomic mass is 9.76. The van der Waals surface area contributed by atoms with Crippen LogP contribution in [-0.2, 0) is 4.79 Å². The van der Waals surface area contributed by atoms with E-state index >= 15 is 0 Å². The third-order valence-electron chi connectivity index (χ3n) is 6.08. The van der Waals surface area contributed by atoms with Gasteiger partial charge in [-0.05, 0) is 53.0 Å². The van der Waals surface area contributed by atoms with E-state index in [9.17, 15) is 14.7 Å². The van der Waals surface area contributed by atoms with Gasteiger partial charge >= 0.3 is 6.09 Å². The van der Waals surface area contributed by atoms with Gasteiger partial charge in [0.25, 0.3) is 0 Å². The van der Waals surface area contributed by atoms with E-state index in [2.05, 4.69) is 31.1 Å². The van der Waals surface area contributed by atoms with E-state index in [4.69, 9.17) is 5.11 Å². The van der Waals surface area contributed by atoms with Gasteiger partial charge < -0.3 is 25.3 Å². The summed E-state index contributed by atoms with van der Waals surface area (Å²) in [5.41, 5.74) is 0. The van der Waals surface area contributed by atoms with Crippen molar-refractivity contribution in [1.82, 2.24) is 15.1 Å². The number of likely N-dealkylation sites (tertiary alicyclic amines) is 1. The summed E-state index contributed by atoms with van der Waals surface area (Å²) < 4.78 is 0. The van der Waals surface area contributed by atoms with Crippen LogP contribution in [0.1, 0.15) is 52.9 Å². The van der Waals surface area contributed by atoms with Crippen LogP contribution in [0.15, 0.2) is 0 Å². The molecule has 1 saturated carbocycles. The lowest BCUT2D eigenvalue weighted by molar-refractivity contribution is -0.135. The number of nitrogens with one attached hydrogen (secondary N) is 1. The molecule has 144 valence electrons. The molecular formula is C18H33N3O4. The Morgan fingerprint density at radius 2 is 2.04 bits per heavy atom. The number of carbonyl (C=O) groups is 2. The summed E-state index contributed by atoms with van der Waals surface area (Å²) in [5.74, 6) is -0.103. The number of amides is 2. The van der Waals surface area contributed by atoms with Crippen molar-refractivity contribution < 1.29 is 19.8 Å². The second-order valence-electron chi connectivity index (χ2n) is 7.76. The minimum absolute atomic E-state index is 0.000132. The molecule has 1 saturated heterocycles. The fraction of sp³-hybridized carbons (Fsp3) is 0.889. The molecule has 0 aromatic rings. The summed E-state index contributed by atoms with van der Waals surface area (Å²) in [6.45, 7) is 6.87. The van der Waals surface area contributed by atoms with E-state index < -0.39 is 18.2 Å². The predicted octanol–water partition coefficient (Wildman–Crippen LogP) is 1.50. The van der Waals surface area contributed by atoms with E-state index in [1.165, 1.54) is 0 Å². The highest BCUT2D eigenvalue weighted by Gasteiger charge is 2.44. The largest absolute Gasteiger partial charge is 0.465 e. The number of hydrogen-bond acceptors (Lipinski definition) is 4. The van der Waals surface area contributed by atoms with Crippen molar-refractivity contribution in [2.45, 2.75) is 83.1 Å². The zero-order valence-corrected chi connectivity index (χ0v) is 15.8. The van der Waals surface area contributed by atoms with Crippen molar-refractivity contribution in [3.8, 4) is 0 Å². The van der Waals surface area contributed by atoms with Crippen molar-refractivity contribution in [3.05, 3.63) is 0 Å². The summed E-state index contributed by atoms with van der Waals surface area (Å²) in [6.07, 6.45) is 2.29. The summed E-state index contributed by atoms with van der Waals surface area (Å²) in [5, 5.41) is 21.8. The molecule has 3 N–H and O–H groups in total. The van der Waals surface area contributed by atoms with Gasteiger partial charge in [-0.25, -0.2) is 4.79 Å². The van der Waals surface area contributed by atoms with Gasteiger partial charge in [0.2, 0.25) is 5.91 Å². The number of carbonyl (C=O) groups excluding carboxylic acids is 1. The van der Waals surface area contributed by atoms with Crippen LogP contribution in [0.25, 0.3) is 0 Å². The Morgan fingerprint density at radius 1 is 1.36 bits per heavy atom. The zero-order valence-electron chi connectivity index (χ0n) is 15.8. The fourth-order valence-electron chi connectivity index (χ4n) is 4.38. The molecule has 1 unspecified atom stereocenters. The quantitative estimate of drug-likeness (QED) is 0.671. The third kappa shape index (κ3) is 4.44. The molecule has 25 heavy (non-hydrogen) atoms. The number of aliphatic hydroxyl groups excluding tert-OH is 1. The molecule has 0 aromatic heterocycles. The maximum Gasteiger partial charge on any atom is 0.405 e. The smallest absolute Gasteiger partial charge is 0.405 e. The number of nitrogens with zero attached hydrogens (tertiary/aromatic N) is 2. The Bertz CT molecular complexity index is 485. The van der Waals surface area contributed by atoms with E-state index in [-0.39, 0.29) is 17.9 Å². The molecule has 1 aliphatic carbocycles. The first-order chi connectivity index (χ1) is 11.8. The van der Waals surface area contributed by atoms with Crippen molar-refractivity contribution >= 4 is 12.0 Å². The fourth-order valence-corrected chi connectivity index (χ4v) is 4.38. The van der Waals surface area contributed by atoms with Crippen LogP contribution in [0.4, 0.5) is 4.79 Å². The molecule has 2 aliphatic rings. The van der Waals surface area contributed by atoms with Gasteiger partial charge in [-0.1, -0.05) is 6.92 Å². The highest BCUT2D eigenvalue weighted by Crippen LogP contribution is 2.36. The first-order valence-electron chi connectivity index (χ1n) is 9.46. The molecule has 2 rings (SSSR count). The van der Waals surface area contributed by atoms with E-state index in [0.717, 1.165) is 19.3 Å². The molecular weight excluding hydrogens is 322 g/mol. The minimum atomic E-state index is -1.16. The second kappa shape index (κ2) is 8.36. The number of carboxylic acid groups (broad SMARTS) is 1. The van der Waals surface area contributed by atoms with Gasteiger partial charge in [0.05, 0.1) is 6.10 Å². The Kier molecular flexibility index (Phi) is 6.68. The molecule has 1 heterocycles. The average Bonchev–Trinajstić information content (AvgIpc) is 2.92. The molecule has 2 fully saturated rings. The Labute approximate surface area is 150 Å². The van der Waals surface area contributed by atoms with E-state index in [1.807, 2.05) is 11.8 Å². The van der Waals surface area contributed by atoms with Crippen LogP contribution in [0.5, 0.6) is 0 Å². The Hall–Kier alpha value is -1.34. The normalized spacial score (nSPS) is 31.6. The van der Waals surface area contributed by atoms with E-state index in [0.29, 0.717) is 31.5 Å². The number of rotatable bonds is 6. The molecule has 0 aromatic carbocycles. The molecule has 2 amide bonds. The van der Waals surface area contributed by atoms with Gasteiger partial charge in [-0.2, -0.15) is 0 Å². The highest BCUT2D eigenvalue weighted by atomic mass is 16.4. The van der Waals surface area contributed by atoms with Crippen LogP contribution >= 0.6 is 0 Å². The number of hydrogen-bond donors (Lipinski definition) is 3. The molecule has 0 radical (unpaired) electrons. The maximum atomic E-state index is 12.6. The Morgan fingerprint density at radius 3 is 2.60 bits per heavy atom. The predicted molar refractivity (Wildman–Crippen MR) is 95.4 cm³/mol. The van der Waals surface area contributed by atoms with Crippen molar-refractivity contribution in [2.24, 2.45) is 5.92 Å². The first kappa shape index (κ1) is 20.0. The van der Waals surface area contributed by atoms with Crippen LogP contribution < -0.4 is 5.32 Å². The molecule has 5 atom stereocenters. The van der Waals surface area contributed by atoms with Crippen molar-refractivity contribution in [1.29, 1.82) is 0 Å². The van der Waals surface area contributed by atoms with Crippen molar-refractivity contribution in [3.63, 3.8) is 0 Å². The average molecular weight is 355 g/mol.